The van der Waals surface area contributed by atoms with E-state index in [0.717, 1.165) is 29.5 Å². The second-order valence-electron chi connectivity index (χ2n) is 7.36. The first-order chi connectivity index (χ1) is 12.9. The molecule has 0 unspecified atom stereocenters. The Labute approximate surface area is 161 Å². The average molecular weight is 388 g/mol. The Kier molecular flexibility index (Phi) is 4.53. The molecule has 8 heteroatoms. The van der Waals surface area contributed by atoms with Crippen molar-refractivity contribution in [2.75, 3.05) is 13.1 Å². The molecule has 144 valence electrons. The molecular formula is C19H25N5O2S. The lowest BCUT2D eigenvalue weighted by Gasteiger charge is -2.17. The van der Waals surface area contributed by atoms with E-state index < -0.39 is 0 Å². The molecule has 0 aromatic carbocycles. The Bertz CT molecular complexity index is 1090. The molecule has 0 aliphatic heterocycles. The third-order valence-electron chi connectivity index (χ3n) is 5.54. The molecule has 1 atom stereocenters. The predicted molar refractivity (Wildman–Crippen MR) is 106 cm³/mol. The summed E-state index contributed by atoms with van der Waals surface area (Å²) in [4.78, 5) is 34.1. The summed E-state index contributed by atoms with van der Waals surface area (Å²) in [5, 5.41) is 5.58. The van der Waals surface area contributed by atoms with Crippen molar-refractivity contribution in [3.05, 3.63) is 26.7 Å². The van der Waals surface area contributed by atoms with Crippen LogP contribution in [0.5, 0.6) is 0 Å². The largest absolute Gasteiger partial charge is 0.352 e. The predicted octanol–water partition coefficient (Wildman–Crippen LogP) is 2.41. The zero-order chi connectivity index (χ0) is 19.3. The Morgan fingerprint density at radius 1 is 1.33 bits per heavy atom. The van der Waals surface area contributed by atoms with E-state index in [-0.39, 0.29) is 18.1 Å². The van der Waals surface area contributed by atoms with Gasteiger partial charge in [-0.3, -0.25) is 4.79 Å². The van der Waals surface area contributed by atoms with Crippen LogP contribution >= 0.6 is 11.3 Å². The van der Waals surface area contributed by atoms with Crippen LogP contribution in [-0.2, 0) is 24.2 Å². The molecule has 0 saturated carbocycles. The Morgan fingerprint density at radius 3 is 2.78 bits per heavy atom. The molecule has 1 aliphatic rings. The van der Waals surface area contributed by atoms with Crippen LogP contribution in [0.3, 0.4) is 0 Å². The first kappa shape index (κ1) is 18.2. The quantitative estimate of drug-likeness (QED) is 0.689. The number of thiophene rings is 1. The zero-order valence-corrected chi connectivity index (χ0v) is 17.1. The van der Waals surface area contributed by atoms with Crippen molar-refractivity contribution in [2.45, 2.75) is 53.5 Å². The summed E-state index contributed by atoms with van der Waals surface area (Å²) in [6.07, 6.45) is 3.20. The van der Waals surface area contributed by atoms with Crippen molar-refractivity contribution in [3.63, 3.8) is 0 Å². The van der Waals surface area contributed by atoms with Crippen molar-refractivity contribution in [2.24, 2.45) is 5.92 Å². The van der Waals surface area contributed by atoms with Crippen LogP contribution in [0.25, 0.3) is 15.9 Å². The highest BCUT2D eigenvalue weighted by Crippen LogP contribution is 2.38. The number of hydrogen-bond donors (Lipinski definition) is 0. The molecule has 3 aromatic rings. The van der Waals surface area contributed by atoms with E-state index in [1.807, 2.05) is 20.8 Å². The number of fused-ring (bicyclic) bond motifs is 5. The Balaban J connectivity index is 1.88. The molecule has 0 N–H and O–H groups in total. The number of aryl methyl sites for hydroxylation is 2. The van der Waals surface area contributed by atoms with E-state index in [4.69, 9.17) is 0 Å². The summed E-state index contributed by atoms with van der Waals surface area (Å²) >= 11 is 1.72. The number of carbonyl (C=O) groups excluding carboxylic acids is 1. The molecule has 4 rings (SSSR count). The van der Waals surface area contributed by atoms with Gasteiger partial charge in [-0.05, 0) is 51.5 Å². The maximum Gasteiger partial charge on any atom is 0.352 e. The highest BCUT2D eigenvalue weighted by molar-refractivity contribution is 7.19. The standard InChI is InChI=1S/C19H25N5O2S/c1-5-22(6-2)15(25)10-23-19(26)24-12(4)20-18-16(17(24)21-23)13-8-7-11(3)9-14(13)27-18/h11H,5-10H2,1-4H3/t11-/m0/s1. The summed E-state index contributed by atoms with van der Waals surface area (Å²) in [5.74, 6) is 1.21. The van der Waals surface area contributed by atoms with E-state index in [1.54, 1.807) is 20.6 Å². The van der Waals surface area contributed by atoms with Crippen molar-refractivity contribution in [1.82, 2.24) is 24.1 Å². The van der Waals surface area contributed by atoms with E-state index in [0.29, 0.717) is 30.5 Å². The monoisotopic (exact) mass is 387 g/mol. The summed E-state index contributed by atoms with van der Waals surface area (Å²) in [6.45, 7) is 9.19. The van der Waals surface area contributed by atoms with Gasteiger partial charge in [0.2, 0.25) is 5.91 Å². The fourth-order valence-electron chi connectivity index (χ4n) is 4.01. The minimum atomic E-state index is -0.290. The fraction of sp³-hybridized carbons (Fsp3) is 0.579. The molecular weight excluding hydrogens is 362 g/mol. The number of nitrogens with zero attached hydrogens (tertiary/aromatic N) is 5. The second kappa shape index (κ2) is 6.74. The summed E-state index contributed by atoms with van der Waals surface area (Å²) in [6, 6.07) is 0. The highest BCUT2D eigenvalue weighted by atomic mass is 32.1. The fourth-order valence-corrected chi connectivity index (χ4v) is 5.43. The lowest BCUT2D eigenvalue weighted by molar-refractivity contribution is -0.131. The van der Waals surface area contributed by atoms with E-state index >= 15 is 0 Å². The summed E-state index contributed by atoms with van der Waals surface area (Å²) in [7, 11) is 0. The van der Waals surface area contributed by atoms with Crippen LogP contribution < -0.4 is 5.69 Å². The van der Waals surface area contributed by atoms with Crippen LogP contribution in [0.2, 0.25) is 0 Å². The van der Waals surface area contributed by atoms with Crippen molar-refractivity contribution >= 4 is 33.1 Å². The van der Waals surface area contributed by atoms with Crippen LogP contribution in [0, 0.1) is 12.8 Å². The first-order valence-corrected chi connectivity index (χ1v) is 10.4. The molecule has 0 radical (unpaired) electrons. The van der Waals surface area contributed by atoms with Gasteiger partial charge in [0.05, 0.1) is 5.39 Å². The third kappa shape index (κ3) is 2.86. The van der Waals surface area contributed by atoms with Gasteiger partial charge in [-0.25, -0.2) is 18.9 Å². The van der Waals surface area contributed by atoms with Gasteiger partial charge in [-0.1, -0.05) is 6.92 Å². The van der Waals surface area contributed by atoms with Gasteiger partial charge in [-0.2, -0.15) is 0 Å². The van der Waals surface area contributed by atoms with E-state index in [1.165, 1.54) is 15.1 Å². The third-order valence-corrected chi connectivity index (χ3v) is 6.69. The van der Waals surface area contributed by atoms with Gasteiger partial charge < -0.3 is 4.90 Å². The van der Waals surface area contributed by atoms with E-state index in [2.05, 4.69) is 17.0 Å². The first-order valence-electron chi connectivity index (χ1n) is 9.62. The Hall–Kier alpha value is -2.22. The van der Waals surface area contributed by atoms with Crippen molar-refractivity contribution in [1.29, 1.82) is 0 Å². The van der Waals surface area contributed by atoms with Gasteiger partial charge in [-0.15, -0.1) is 16.4 Å². The lowest BCUT2D eigenvalue weighted by atomic mass is 9.89. The number of rotatable bonds is 4. The Morgan fingerprint density at radius 2 is 2.07 bits per heavy atom. The van der Waals surface area contributed by atoms with Crippen LogP contribution in [0.15, 0.2) is 4.79 Å². The molecule has 0 spiro atoms. The number of aromatic nitrogens is 4. The molecule has 7 nitrogen and oxygen atoms in total. The number of likely N-dealkylation sites (N-methyl/N-ethyl adjacent to an activating group) is 1. The maximum absolute atomic E-state index is 12.9. The van der Waals surface area contributed by atoms with Crippen LogP contribution in [0.4, 0.5) is 0 Å². The minimum absolute atomic E-state index is 0.0352. The average Bonchev–Trinajstić information content (AvgIpc) is 3.13. The molecule has 1 amide bonds. The van der Waals surface area contributed by atoms with Gasteiger partial charge in [0.25, 0.3) is 0 Å². The smallest absolute Gasteiger partial charge is 0.342 e. The molecule has 0 saturated heterocycles. The van der Waals surface area contributed by atoms with Crippen molar-refractivity contribution < 1.29 is 4.79 Å². The SMILES string of the molecule is CCN(CC)C(=O)Cn1nc2c3c4c(sc3nc(C)n2c1=O)C[C@@H](C)CC4. The maximum atomic E-state index is 12.9. The van der Waals surface area contributed by atoms with Gasteiger partial charge in [0.1, 0.15) is 17.2 Å². The topological polar surface area (TPSA) is 72.5 Å². The van der Waals surface area contributed by atoms with Gasteiger partial charge in [0, 0.05) is 18.0 Å². The number of hydrogen-bond acceptors (Lipinski definition) is 5. The minimum Gasteiger partial charge on any atom is -0.342 e. The molecule has 0 fully saturated rings. The lowest BCUT2D eigenvalue weighted by Crippen LogP contribution is -2.36. The van der Waals surface area contributed by atoms with Gasteiger partial charge in [0.15, 0.2) is 5.65 Å². The molecule has 0 bridgehead atoms. The van der Waals surface area contributed by atoms with Crippen LogP contribution in [-0.4, -0.2) is 43.1 Å². The normalized spacial score (nSPS) is 16.8. The molecule has 27 heavy (non-hydrogen) atoms. The van der Waals surface area contributed by atoms with E-state index in [9.17, 15) is 9.59 Å². The van der Waals surface area contributed by atoms with Crippen LogP contribution in [0.1, 0.15) is 43.5 Å². The van der Waals surface area contributed by atoms with Crippen molar-refractivity contribution in [3.8, 4) is 0 Å². The molecule has 3 heterocycles. The molecule has 1 aliphatic carbocycles. The number of carbonyl (C=O) groups is 1. The summed E-state index contributed by atoms with van der Waals surface area (Å²) < 4.78 is 2.85. The zero-order valence-electron chi connectivity index (χ0n) is 16.3. The molecule has 3 aromatic heterocycles. The highest BCUT2D eigenvalue weighted by Gasteiger charge is 2.25. The van der Waals surface area contributed by atoms with Gasteiger partial charge >= 0.3 is 5.69 Å². The second-order valence-corrected chi connectivity index (χ2v) is 8.44. The number of amides is 1. The summed E-state index contributed by atoms with van der Waals surface area (Å²) in [5.41, 5.74) is 1.64.